The van der Waals surface area contributed by atoms with E-state index in [4.69, 9.17) is 4.74 Å². The quantitative estimate of drug-likeness (QED) is 0.587. The van der Waals surface area contributed by atoms with Crippen molar-refractivity contribution in [3.05, 3.63) is 59.7 Å². The summed E-state index contributed by atoms with van der Waals surface area (Å²) in [7, 11) is 0. The molecule has 0 aromatic carbocycles. The second-order valence-corrected chi connectivity index (χ2v) is 5.65. The Morgan fingerprint density at radius 1 is 1.22 bits per heavy atom. The highest BCUT2D eigenvalue weighted by molar-refractivity contribution is 5.79. The molecule has 0 saturated heterocycles. The number of hydrogen-bond acceptors (Lipinski definition) is 5. The second kappa shape index (κ2) is 7.98. The lowest BCUT2D eigenvalue weighted by molar-refractivity contribution is 0.00176. The van der Waals surface area contributed by atoms with Crippen LogP contribution in [-0.2, 0) is 6.61 Å². The lowest BCUT2D eigenvalue weighted by Crippen LogP contribution is -2.15. The highest BCUT2D eigenvalue weighted by Gasteiger charge is 2.25. The molecule has 3 heterocycles. The number of aromatic nitrogens is 4. The molecule has 1 atom stereocenters. The van der Waals surface area contributed by atoms with Crippen molar-refractivity contribution in [2.45, 2.75) is 26.3 Å². The van der Waals surface area contributed by atoms with Crippen LogP contribution in [0, 0.1) is 6.92 Å². The number of aryl methyl sites for hydroxylation is 1. The number of ether oxygens (including phenoxy) is 1. The van der Waals surface area contributed by atoms with Crippen molar-refractivity contribution < 1.29 is 22.7 Å². The van der Waals surface area contributed by atoms with Crippen molar-refractivity contribution in [2.75, 3.05) is 0 Å². The Bertz CT molecular complexity index is 946. The van der Waals surface area contributed by atoms with Gasteiger partial charge in [0.05, 0.1) is 23.1 Å². The molecule has 0 N–H and O–H groups in total. The molecule has 0 fully saturated rings. The summed E-state index contributed by atoms with van der Waals surface area (Å²) < 4.78 is 45.5. The van der Waals surface area contributed by atoms with E-state index >= 15 is 0 Å². The molecule has 0 aliphatic heterocycles. The van der Waals surface area contributed by atoms with E-state index in [0.717, 1.165) is 0 Å². The number of rotatable bonds is 7. The Kier molecular flexibility index (Phi) is 5.49. The van der Waals surface area contributed by atoms with Gasteiger partial charge in [0.2, 0.25) is 0 Å². The zero-order valence-electron chi connectivity index (χ0n) is 14.2. The zero-order valence-corrected chi connectivity index (χ0v) is 14.2. The largest absolute Gasteiger partial charge is 0.486 e. The lowest BCUT2D eigenvalue weighted by atomic mass is 10.1. The fraction of sp³-hybridized carbons (Fsp3) is 0.222. The number of pyridine rings is 2. The van der Waals surface area contributed by atoms with Gasteiger partial charge in [0, 0.05) is 23.7 Å². The van der Waals surface area contributed by atoms with E-state index in [9.17, 15) is 18.0 Å². The van der Waals surface area contributed by atoms with Gasteiger partial charge in [-0.15, -0.1) is 0 Å². The number of hydrogen-bond donors (Lipinski definition) is 0. The molecule has 0 saturated carbocycles. The molecule has 0 radical (unpaired) electrons. The molecule has 0 aliphatic rings. The first kappa shape index (κ1) is 18.6. The zero-order chi connectivity index (χ0) is 19.4. The standard InChI is InChI=1S/C18H15F3N4O2/c1-11-7-13(9-26)15(8-23-11)27-10-12-3-2-5-22-16(12)14-4-6-24-25(14)18(21)17(19)20/h2-9,17-18H,10H2,1H3. The van der Waals surface area contributed by atoms with E-state index in [1.807, 2.05) is 0 Å². The normalized spacial score (nSPS) is 12.2. The SMILES string of the molecule is Cc1cc(C=O)c(OCc2cccnc2-c2ccnn2C(F)C(F)F)cn1. The number of aldehydes is 1. The van der Waals surface area contributed by atoms with Crippen LogP contribution in [-0.4, -0.2) is 32.5 Å². The molecule has 0 bridgehead atoms. The van der Waals surface area contributed by atoms with Crippen LogP contribution < -0.4 is 4.74 Å². The third-order valence-corrected chi connectivity index (χ3v) is 3.79. The first-order chi connectivity index (χ1) is 13.0. The molecule has 3 aromatic heterocycles. The highest BCUT2D eigenvalue weighted by atomic mass is 19.3. The molecule has 6 nitrogen and oxygen atoms in total. The molecule has 27 heavy (non-hydrogen) atoms. The van der Waals surface area contributed by atoms with Crippen molar-refractivity contribution in [3.63, 3.8) is 0 Å². The van der Waals surface area contributed by atoms with Crippen LogP contribution in [0.3, 0.4) is 0 Å². The van der Waals surface area contributed by atoms with E-state index in [1.165, 1.54) is 24.7 Å². The number of nitrogens with zero attached hydrogens (tertiary/aromatic N) is 4. The monoisotopic (exact) mass is 376 g/mol. The van der Waals surface area contributed by atoms with Gasteiger partial charge in [-0.1, -0.05) is 6.07 Å². The van der Waals surface area contributed by atoms with Crippen LogP contribution in [0.25, 0.3) is 11.4 Å². The van der Waals surface area contributed by atoms with Gasteiger partial charge in [0.15, 0.2) is 6.29 Å². The Morgan fingerprint density at radius 3 is 2.78 bits per heavy atom. The van der Waals surface area contributed by atoms with Crippen LogP contribution >= 0.6 is 0 Å². The Labute approximate surface area is 152 Å². The predicted molar refractivity (Wildman–Crippen MR) is 90.3 cm³/mol. The molecule has 0 amide bonds. The average Bonchev–Trinajstić information content (AvgIpc) is 3.15. The topological polar surface area (TPSA) is 69.9 Å². The Morgan fingerprint density at radius 2 is 2.04 bits per heavy atom. The van der Waals surface area contributed by atoms with Gasteiger partial charge in [-0.2, -0.15) is 5.10 Å². The van der Waals surface area contributed by atoms with E-state index in [1.54, 1.807) is 25.1 Å². The maximum Gasteiger partial charge on any atom is 0.289 e. The highest BCUT2D eigenvalue weighted by Crippen LogP contribution is 2.28. The number of halogens is 3. The van der Waals surface area contributed by atoms with Gasteiger partial charge >= 0.3 is 0 Å². The molecule has 140 valence electrons. The van der Waals surface area contributed by atoms with Gasteiger partial charge < -0.3 is 4.74 Å². The Hall–Kier alpha value is -3.23. The summed E-state index contributed by atoms with van der Waals surface area (Å²) in [5.74, 6) is 0.273. The van der Waals surface area contributed by atoms with E-state index in [0.29, 0.717) is 27.8 Å². The van der Waals surface area contributed by atoms with Gasteiger partial charge in [0.25, 0.3) is 12.7 Å². The summed E-state index contributed by atoms with van der Waals surface area (Å²) in [6.45, 7) is 1.72. The maximum absolute atomic E-state index is 13.8. The fourth-order valence-electron chi connectivity index (χ4n) is 2.53. The van der Waals surface area contributed by atoms with Crippen molar-refractivity contribution in [2.24, 2.45) is 0 Å². The number of carbonyl (C=O) groups is 1. The minimum atomic E-state index is -3.22. The van der Waals surface area contributed by atoms with Crippen LogP contribution in [0.4, 0.5) is 13.2 Å². The van der Waals surface area contributed by atoms with Crippen LogP contribution in [0.15, 0.2) is 42.9 Å². The molecule has 0 spiro atoms. The van der Waals surface area contributed by atoms with E-state index in [2.05, 4.69) is 15.1 Å². The summed E-state index contributed by atoms with van der Waals surface area (Å²) in [5, 5.41) is 3.63. The summed E-state index contributed by atoms with van der Waals surface area (Å²) in [5.41, 5.74) is 1.86. The van der Waals surface area contributed by atoms with E-state index < -0.39 is 12.7 Å². The summed E-state index contributed by atoms with van der Waals surface area (Å²) in [4.78, 5) is 19.4. The Balaban J connectivity index is 1.90. The van der Waals surface area contributed by atoms with Crippen LogP contribution in [0.5, 0.6) is 5.75 Å². The molecule has 0 aliphatic carbocycles. The number of carbonyl (C=O) groups excluding carboxylic acids is 1. The molecule has 3 rings (SSSR count). The predicted octanol–water partition coefficient (Wildman–Crippen LogP) is 3.77. The van der Waals surface area contributed by atoms with Gasteiger partial charge in [-0.05, 0) is 25.1 Å². The van der Waals surface area contributed by atoms with Gasteiger partial charge in [0.1, 0.15) is 12.4 Å². The number of alkyl halides is 3. The lowest BCUT2D eigenvalue weighted by Gasteiger charge is -2.14. The maximum atomic E-state index is 13.8. The summed E-state index contributed by atoms with van der Waals surface area (Å²) in [6, 6.07) is 6.28. The minimum Gasteiger partial charge on any atom is -0.486 e. The van der Waals surface area contributed by atoms with Gasteiger partial charge in [-0.25, -0.2) is 17.9 Å². The summed E-state index contributed by atoms with van der Waals surface area (Å²) in [6.07, 6.45) is -1.06. The second-order valence-electron chi connectivity index (χ2n) is 5.65. The smallest absolute Gasteiger partial charge is 0.289 e. The average molecular weight is 376 g/mol. The van der Waals surface area contributed by atoms with Crippen LogP contribution in [0.2, 0.25) is 0 Å². The van der Waals surface area contributed by atoms with Crippen molar-refractivity contribution in [1.29, 1.82) is 0 Å². The van der Waals surface area contributed by atoms with Crippen LogP contribution in [0.1, 0.15) is 27.9 Å². The van der Waals surface area contributed by atoms with Crippen molar-refractivity contribution in [3.8, 4) is 17.1 Å². The first-order valence-corrected chi connectivity index (χ1v) is 7.96. The van der Waals surface area contributed by atoms with Crippen molar-refractivity contribution in [1.82, 2.24) is 19.7 Å². The first-order valence-electron chi connectivity index (χ1n) is 7.96. The molecule has 9 heteroatoms. The van der Waals surface area contributed by atoms with E-state index in [-0.39, 0.29) is 23.7 Å². The fourth-order valence-corrected chi connectivity index (χ4v) is 2.53. The molecular weight excluding hydrogens is 361 g/mol. The minimum absolute atomic E-state index is 0.0223. The van der Waals surface area contributed by atoms with Crippen molar-refractivity contribution >= 4 is 6.29 Å². The third kappa shape index (κ3) is 3.97. The third-order valence-electron chi connectivity index (χ3n) is 3.79. The molecule has 1 unspecified atom stereocenters. The van der Waals surface area contributed by atoms with Gasteiger partial charge in [-0.3, -0.25) is 14.8 Å². The molecule has 3 aromatic rings. The summed E-state index contributed by atoms with van der Waals surface area (Å²) >= 11 is 0. The molecular formula is C18H15F3N4O2.